The number of nitrogens with two attached hydrogens (primary N) is 1. The molecule has 88 valence electrons. The predicted molar refractivity (Wildman–Crippen MR) is 65.4 cm³/mol. The number of amides is 1. The van der Waals surface area contributed by atoms with Gasteiger partial charge in [0.15, 0.2) is 0 Å². The summed E-state index contributed by atoms with van der Waals surface area (Å²) in [5.74, 6) is 3.21. The Hall–Kier alpha value is -1.17. The topological polar surface area (TPSA) is 83.8 Å². The fourth-order valence-corrected chi connectivity index (χ4v) is 2.96. The van der Waals surface area contributed by atoms with Crippen LogP contribution in [0.25, 0.3) is 0 Å². The zero-order valence-corrected chi connectivity index (χ0v) is 9.85. The summed E-state index contributed by atoms with van der Waals surface area (Å²) in [6, 6.07) is 0. The van der Waals surface area contributed by atoms with Crippen molar-refractivity contribution in [3.05, 3.63) is 11.8 Å². The minimum absolute atomic E-state index is 0.135. The summed E-state index contributed by atoms with van der Waals surface area (Å²) in [5.41, 5.74) is 6.00. The lowest BCUT2D eigenvalue weighted by Gasteiger charge is -2.21. The number of carbonyl (C=O) groups excluding carboxylic acids is 1. The first-order chi connectivity index (χ1) is 7.77. The van der Waals surface area contributed by atoms with Gasteiger partial charge in [0.1, 0.15) is 11.4 Å². The van der Waals surface area contributed by atoms with Gasteiger partial charge in [0.25, 0.3) is 5.91 Å². The number of hydrogen-bond donors (Lipinski definition) is 3. The van der Waals surface area contributed by atoms with Gasteiger partial charge in [-0.2, -0.15) is 16.9 Å². The van der Waals surface area contributed by atoms with Crippen LogP contribution < -0.4 is 11.1 Å². The molecule has 1 saturated heterocycles. The lowest BCUT2D eigenvalue weighted by atomic mass is 10.0. The number of thioether (sulfide) groups is 1. The Balaban J connectivity index is 1.81. The van der Waals surface area contributed by atoms with Crippen molar-refractivity contribution in [3.8, 4) is 0 Å². The van der Waals surface area contributed by atoms with Crippen molar-refractivity contribution in [2.45, 2.75) is 12.8 Å². The molecule has 1 aliphatic rings. The molecule has 0 aromatic carbocycles. The van der Waals surface area contributed by atoms with Gasteiger partial charge in [-0.3, -0.25) is 9.89 Å². The summed E-state index contributed by atoms with van der Waals surface area (Å²) in [4.78, 5) is 11.7. The second-order valence-corrected chi connectivity index (χ2v) is 5.19. The van der Waals surface area contributed by atoms with Gasteiger partial charge in [-0.1, -0.05) is 0 Å². The van der Waals surface area contributed by atoms with Crippen LogP contribution in [0.3, 0.4) is 0 Å². The van der Waals surface area contributed by atoms with Crippen molar-refractivity contribution >= 4 is 23.5 Å². The standard InChI is InChI=1S/C10H16N4OS/c11-9-8(6-13-14-9)10(15)12-5-7-1-3-16-4-2-7/h6-7H,1-5H2,(H,12,15)(H3,11,13,14). The number of hydrogen-bond acceptors (Lipinski definition) is 4. The summed E-state index contributed by atoms with van der Waals surface area (Å²) in [6.07, 6.45) is 3.83. The molecule has 1 aromatic heterocycles. The van der Waals surface area contributed by atoms with Crippen LogP contribution >= 0.6 is 11.8 Å². The van der Waals surface area contributed by atoms with Crippen LogP contribution in [0.5, 0.6) is 0 Å². The molecule has 0 radical (unpaired) electrons. The number of H-pyrrole nitrogens is 1. The van der Waals surface area contributed by atoms with Crippen molar-refractivity contribution < 1.29 is 4.79 Å². The van der Waals surface area contributed by atoms with Gasteiger partial charge in [0, 0.05) is 6.54 Å². The molecule has 0 spiro atoms. The van der Waals surface area contributed by atoms with Crippen molar-refractivity contribution in [1.82, 2.24) is 15.5 Å². The van der Waals surface area contributed by atoms with Gasteiger partial charge in [-0.15, -0.1) is 0 Å². The second-order valence-electron chi connectivity index (χ2n) is 3.96. The maximum Gasteiger partial charge on any atom is 0.256 e. The average molecular weight is 240 g/mol. The van der Waals surface area contributed by atoms with Crippen LogP contribution in [0.15, 0.2) is 6.20 Å². The third kappa shape index (κ3) is 2.69. The Bertz CT molecular complexity index is 359. The van der Waals surface area contributed by atoms with E-state index in [2.05, 4.69) is 15.5 Å². The second kappa shape index (κ2) is 5.25. The molecular weight excluding hydrogens is 224 g/mol. The van der Waals surface area contributed by atoms with E-state index in [-0.39, 0.29) is 5.91 Å². The summed E-state index contributed by atoms with van der Waals surface area (Å²) in [5, 5.41) is 9.18. The van der Waals surface area contributed by atoms with Crippen molar-refractivity contribution in [2.24, 2.45) is 5.92 Å². The highest BCUT2D eigenvalue weighted by molar-refractivity contribution is 7.99. The van der Waals surface area contributed by atoms with Crippen LogP contribution in [-0.4, -0.2) is 34.2 Å². The molecule has 0 atom stereocenters. The molecule has 0 bridgehead atoms. The van der Waals surface area contributed by atoms with E-state index < -0.39 is 0 Å². The number of anilines is 1. The SMILES string of the molecule is Nc1[nH]ncc1C(=O)NCC1CCSCC1. The van der Waals surface area contributed by atoms with E-state index in [1.807, 2.05) is 11.8 Å². The smallest absolute Gasteiger partial charge is 0.256 e. The summed E-state index contributed by atoms with van der Waals surface area (Å²) < 4.78 is 0. The van der Waals surface area contributed by atoms with Crippen molar-refractivity contribution in [3.63, 3.8) is 0 Å². The summed E-state index contributed by atoms with van der Waals surface area (Å²) >= 11 is 1.99. The number of nitrogen functional groups attached to an aromatic ring is 1. The van der Waals surface area contributed by atoms with E-state index in [0.29, 0.717) is 17.3 Å². The Morgan fingerprint density at radius 3 is 3.00 bits per heavy atom. The molecular formula is C10H16N4OS. The van der Waals surface area contributed by atoms with E-state index in [0.717, 1.165) is 6.54 Å². The zero-order valence-electron chi connectivity index (χ0n) is 9.03. The lowest BCUT2D eigenvalue weighted by Crippen LogP contribution is -2.31. The third-order valence-corrected chi connectivity index (χ3v) is 3.85. The summed E-state index contributed by atoms with van der Waals surface area (Å²) in [6.45, 7) is 0.740. The zero-order chi connectivity index (χ0) is 11.4. The lowest BCUT2D eigenvalue weighted by molar-refractivity contribution is 0.0947. The third-order valence-electron chi connectivity index (χ3n) is 2.81. The number of aromatic nitrogens is 2. The van der Waals surface area contributed by atoms with Gasteiger partial charge in [-0.05, 0) is 30.3 Å². The highest BCUT2D eigenvalue weighted by Crippen LogP contribution is 2.22. The van der Waals surface area contributed by atoms with Gasteiger partial charge in [0.2, 0.25) is 0 Å². The largest absolute Gasteiger partial charge is 0.383 e. The molecule has 0 unspecified atom stereocenters. The highest BCUT2D eigenvalue weighted by atomic mass is 32.2. The Morgan fingerprint density at radius 1 is 1.62 bits per heavy atom. The molecule has 0 aliphatic carbocycles. The molecule has 0 saturated carbocycles. The number of aromatic amines is 1. The first kappa shape index (κ1) is 11.3. The molecule has 6 heteroatoms. The van der Waals surface area contributed by atoms with Crippen molar-refractivity contribution in [2.75, 3.05) is 23.8 Å². The van der Waals surface area contributed by atoms with Crippen LogP contribution in [0.2, 0.25) is 0 Å². The quantitative estimate of drug-likeness (QED) is 0.732. The number of nitrogens with one attached hydrogen (secondary N) is 2. The van der Waals surface area contributed by atoms with E-state index in [1.54, 1.807) is 0 Å². The molecule has 1 amide bonds. The molecule has 1 fully saturated rings. The van der Waals surface area contributed by atoms with Crippen LogP contribution in [-0.2, 0) is 0 Å². The Labute approximate surface area is 98.6 Å². The van der Waals surface area contributed by atoms with Crippen LogP contribution in [0.4, 0.5) is 5.82 Å². The van der Waals surface area contributed by atoms with E-state index >= 15 is 0 Å². The average Bonchev–Trinajstić information content (AvgIpc) is 2.74. The Kier molecular flexibility index (Phi) is 3.71. The molecule has 5 nitrogen and oxygen atoms in total. The first-order valence-electron chi connectivity index (χ1n) is 5.42. The number of rotatable bonds is 3. The van der Waals surface area contributed by atoms with Gasteiger partial charge >= 0.3 is 0 Å². The van der Waals surface area contributed by atoms with Gasteiger partial charge < -0.3 is 11.1 Å². The first-order valence-corrected chi connectivity index (χ1v) is 6.57. The van der Waals surface area contributed by atoms with E-state index in [1.165, 1.54) is 30.5 Å². The fraction of sp³-hybridized carbons (Fsp3) is 0.600. The molecule has 2 rings (SSSR count). The predicted octanol–water partition coefficient (Wildman–Crippen LogP) is 0.865. The normalized spacial score (nSPS) is 17.2. The number of carbonyl (C=O) groups is 1. The number of nitrogens with zero attached hydrogens (tertiary/aromatic N) is 1. The fourth-order valence-electron chi connectivity index (χ4n) is 1.76. The molecule has 16 heavy (non-hydrogen) atoms. The minimum atomic E-state index is -0.135. The molecule has 1 aromatic rings. The van der Waals surface area contributed by atoms with Gasteiger partial charge in [0.05, 0.1) is 6.20 Å². The van der Waals surface area contributed by atoms with Crippen LogP contribution in [0.1, 0.15) is 23.2 Å². The molecule has 1 aliphatic heterocycles. The monoisotopic (exact) mass is 240 g/mol. The van der Waals surface area contributed by atoms with E-state index in [9.17, 15) is 4.79 Å². The van der Waals surface area contributed by atoms with E-state index in [4.69, 9.17) is 5.73 Å². The van der Waals surface area contributed by atoms with Gasteiger partial charge in [-0.25, -0.2) is 0 Å². The summed E-state index contributed by atoms with van der Waals surface area (Å²) in [7, 11) is 0. The van der Waals surface area contributed by atoms with Crippen LogP contribution in [0, 0.1) is 5.92 Å². The van der Waals surface area contributed by atoms with Crippen molar-refractivity contribution in [1.29, 1.82) is 0 Å². The maximum atomic E-state index is 11.7. The Morgan fingerprint density at radius 2 is 2.38 bits per heavy atom. The molecule has 2 heterocycles. The maximum absolute atomic E-state index is 11.7. The minimum Gasteiger partial charge on any atom is -0.383 e. The highest BCUT2D eigenvalue weighted by Gasteiger charge is 2.16. The molecule has 4 N–H and O–H groups in total.